The number of aryl methyl sites for hydroxylation is 1. The Bertz CT molecular complexity index is 1490. The molecule has 0 radical (unpaired) electrons. The number of amides is 2. The minimum Gasteiger partial charge on any atom is -0.490 e. The van der Waals surface area contributed by atoms with Crippen LogP contribution in [0.5, 0.6) is 5.75 Å². The van der Waals surface area contributed by atoms with Crippen LogP contribution in [0.25, 0.3) is 11.0 Å². The van der Waals surface area contributed by atoms with Crippen molar-refractivity contribution in [1.82, 2.24) is 19.8 Å². The standard InChI is InChI=1S/C35H46BrN5O3/c1-23(7-8-25-9-12-27(13-10-25)44-32-6-4-5-29(36)24(32)2)22-40-17-19-41(20-18-40)35-37-30-21-26(11-15-31(30)39(35)3)28-14-16-33(42)38-34(28)43/h4-6,11,15,21,23,25,27-28H,7-10,12-14,16-20,22H2,1-3H3,(H,38,42,43)/t23-,25?,27?,28?/m0/s1. The van der Waals surface area contributed by atoms with Gasteiger partial charge in [0.05, 0.1) is 23.1 Å². The lowest BCUT2D eigenvalue weighted by Gasteiger charge is -2.36. The summed E-state index contributed by atoms with van der Waals surface area (Å²) < 4.78 is 9.66. The summed E-state index contributed by atoms with van der Waals surface area (Å²) in [6.07, 6.45) is 8.77. The highest BCUT2D eigenvalue weighted by molar-refractivity contribution is 9.10. The van der Waals surface area contributed by atoms with Crippen molar-refractivity contribution in [2.45, 2.75) is 77.2 Å². The van der Waals surface area contributed by atoms with Gasteiger partial charge >= 0.3 is 0 Å². The lowest BCUT2D eigenvalue weighted by molar-refractivity contribution is -0.134. The third-order valence-electron chi connectivity index (χ3n) is 10.1. The van der Waals surface area contributed by atoms with E-state index in [0.717, 1.165) is 84.3 Å². The molecule has 0 bridgehead atoms. The third-order valence-corrected chi connectivity index (χ3v) is 11.0. The molecule has 2 atom stereocenters. The number of piperidine rings is 1. The number of nitrogens with one attached hydrogen (secondary N) is 1. The zero-order valence-corrected chi connectivity index (χ0v) is 27.9. The molecule has 1 saturated carbocycles. The van der Waals surface area contributed by atoms with Crippen LogP contribution in [-0.2, 0) is 16.6 Å². The number of rotatable bonds is 9. The van der Waals surface area contributed by atoms with Crippen molar-refractivity contribution in [3.05, 3.63) is 52.0 Å². The normalized spacial score (nSPS) is 24.0. The number of imide groups is 1. The van der Waals surface area contributed by atoms with Gasteiger partial charge in [-0.2, -0.15) is 0 Å². The second kappa shape index (κ2) is 13.6. The smallest absolute Gasteiger partial charge is 0.234 e. The molecule has 0 spiro atoms. The summed E-state index contributed by atoms with van der Waals surface area (Å²) in [7, 11) is 2.08. The molecule has 3 fully saturated rings. The van der Waals surface area contributed by atoms with Crippen molar-refractivity contribution >= 4 is 44.7 Å². The zero-order valence-electron chi connectivity index (χ0n) is 26.4. The summed E-state index contributed by atoms with van der Waals surface area (Å²) in [5.41, 5.74) is 4.10. The average Bonchev–Trinajstić information content (AvgIpc) is 3.35. The Morgan fingerprint density at radius 3 is 2.57 bits per heavy atom. The van der Waals surface area contributed by atoms with Crippen molar-refractivity contribution in [2.75, 3.05) is 37.6 Å². The maximum atomic E-state index is 12.4. The second-order valence-electron chi connectivity index (χ2n) is 13.3. The molecule has 1 aliphatic carbocycles. The Hall–Kier alpha value is -2.91. The number of benzene rings is 2. The van der Waals surface area contributed by atoms with Crippen LogP contribution < -0.4 is 15.0 Å². The first-order valence-corrected chi connectivity index (χ1v) is 17.2. The Labute approximate surface area is 269 Å². The molecule has 236 valence electrons. The molecule has 44 heavy (non-hydrogen) atoms. The lowest BCUT2D eigenvalue weighted by Crippen LogP contribution is -2.48. The van der Waals surface area contributed by atoms with Crippen LogP contribution in [0.3, 0.4) is 0 Å². The van der Waals surface area contributed by atoms with Gasteiger partial charge in [0.1, 0.15) is 5.75 Å². The van der Waals surface area contributed by atoms with Crippen LogP contribution in [0, 0.1) is 18.8 Å². The van der Waals surface area contributed by atoms with Crippen molar-refractivity contribution in [3.63, 3.8) is 0 Å². The van der Waals surface area contributed by atoms with Crippen LogP contribution in [-0.4, -0.2) is 65.1 Å². The molecule has 2 aromatic carbocycles. The van der Waals surface area contributed by atoms with E-state index in [1.54, 1.807) is 0 Å². The van der Waals surface area contributed by atoms with Crippen LogP contribution >= 0.6 is 15.9 Å². The highest BCUT2D eigenvalue weighted by atomic mass is 79.9. The van der Waals surface area contributed by atoms with Crippen LogP contribution in [0.2, 0.25) is 0 Å². The molecule has 3 heterocycles. The second-order valence-corrected chi connectivity index (χ2v) is 14.2. The number of hydrogen-bond donors (Lipinski definition) is 1. The first kappa shape index (κ1) is 31.1. The number of anilines is 1. The van der Waals surface area contributed by atoms with Crippen molar-refractivity contribution in [1.29, 1.82) is 0 Å². The number of piperazine rings is 1. The molecule has 2 aliphatic heterocycles. The molecule has 3 aromatic rings. The molecular weight excluding hydrogens is 618 g/mol. The van der Waals surface area contributed by atoms with Gasteiger partial charge in [-0.1, -0.05) is 41.4 Å². The fraction of sp³-hybridized carbons (Fsp3) is 0.571. The van der Waals surface area contributed by atoms with Crippen LogP contribution in [0.15, 0.2) is 40.9 Å². The number of ether oxygens (including phenoxy) is 1. The topological polar surface area (TPSA) is 79.7 Å². The van der Waals surface area contributed by atoms with E-state index in [1.807, 2.05) is 12.1 Å². The van der Waals surface area contributed by atoms with Gasteiger partial charge in [-0.05, 0) is 87.1 Å². The van der Waals surface area contributed by atoms with Gasteiger partial charge in [0.15, 0.2) is 0 Å². The third kappa shape index (κ3) is 6.99. The maximum Gasteiger partial charge on any atom is 0.234 e. The van der Waals surface area contributed by atoms with E-state index < -0.39 is 0 Å². The summed E-state index contributed by atoms with van der Waals surface area (Å²) in [4.78, 5) is 34.0. The van der Waals surface area contributed by atoms with E-state index in [4.69, 9.17) is 9.72 Å². The fourth-order valence-electron chi connectivity index (χ4n) is 7.33. The summed E-state index contributed by atoms with van der Waals surface area (Å²) >= 11 is 3.62. The lowest BCUT2D eigenvalue weighted by atomic mass is 9.83. The first-order valence-electron chi connectivity index (χ1n) is 16.4. The van der Waals surface area contributed by atoms with Gasteiger partial charge in [-0.15, -0.1) is 0 Å². The highest BCUT2D eigenvalue weighted by Gasteiger charge is 2.29. The summed E-state index contributed by atoms with van der Waals surface area (Å²) in [6.45, 7) is 9.72. The predicted molar refractivity (Wildman–Crippen MR) is 178 cm³/mol. The first-order chi connectivity index (χ1) is 21.2. The fourth-order valence-corrected chi connectivity index (χ4v) is 7.68. The molecule has 8 nitrogen and oxygen atoms in total. The van der Waals surface area contributed by atoms with Gasteiger partial charge in [-0.3, -0.25) is 19.8 Å². The van der Waals surface area contributed by atoms with E-state index in [0.29, 0.717) is 24.9 Å². The van der Waals surface area contributed by atoms with E-state index in [9.17, 15) is 9.59 Å². The quantitative estimate of drug-likeness (QED) is 0.269. The van der Waals surface area contributed by atoms with Gasteiger partial charge in [0.25, 0.3) is 0 Å². The van der Waals surface area contributed by atoms with E-state index in [-0.39, 0.29) is 17.7 Å². The molecule has 1 unspecified atom stereocenters. The van der Waals surface area contributed by atoms with Crippen molar-refractivity contribution in [3.8, 4) is 5.75 Å². The molecule has 1 aromatic heterocycles. The van der Waals surface area contributed by atoms with E-state index >= 15 is 0 Å². The summed E-state index contributed by atoms with van der Waals surface area (Å²) in [6, 6.07) is 12.3. The van der Waals surface area contributed by atoms with Crippen LogP contribution in [0.1, 0.15) is 75.3 Å². The average molecular weight is 665 g/mol. The highest BCUT2D eigenvalue weighted by Crippen LogP contribution is 2.34. The molecule has 6 rings (SSSR count). The Morgan fingerprint density at radius 1 is 1.05 bits per heavy atom. The number of fused-ring (bicyclic) bond motifs is 1. The molecule has 1 N–H and O–H groups in total. The van der Waals surface area contributed by atoms with Gasteiger partial charge in [0, 0.05) is 56.2 Å². The molecule has 3 aliphatic rings. The monoisotopic (exact) mass is 663 g/mol. The molecular formula is C35H46BrN5O3. The number of carbonyl (C=O) groups excluding carboxylic acids is 2. The molecule has 9 heteroatoms. The minimum absolute atomic E-state index is 0.183. The van der Waals surface area contributed by atoms with E-state index in [2.05, 4.69) is 80.8 Å². The van der Waals surface area contributed by atoms with E-state index in [1.165, 1.54) is 31.2 Å². The number of hydrogen-bond acceptors (Lipinski definition) is 6. The molecule has 2 saturated heterocycles. The number of aromatic nitrogens is 2. The zero-order chi connectivity index (χ0) is 30.8. The SMILES string of the molecule is Cc1c(Br)cccc1OC1CCC(CC[C@H](C)CN2CCN(c3nc4cc(C5CCC(=O)NC5=O)ccc4n3C)CC2)CC1. The Balaban J connectivity index is 0.943. The van der Waals surface area contributed by atoms with Crippen LogP contribution in [0.4, 0.5) is 5.95 Å². The number of nitrogens with zero attached hydrogens (tertiary/aromatic N) is 4. The predicted octanol–water partition coefficient (Wildman–Crippen LogP) is 6.34. The van der Waals surface area contributed by atoms with Crippen molar-refractivity contribution < 1.29 is 14.3 Å². The maximum absolute atomic E-state index is 12.4. The summed E-state index contributed by atoms with van der Waals surface area (Å²) in [5, 5.41) is 2.48. The number of imidazole rings is 1. The number of carbonyl (C=O) groups is 2. The Kier molecular flexibility index (Phi) is 9.62. The Morgan fingerprint density at radius 2 is 1.82 bits per heavy atom. The largest absolute Gasteiger partial charge is 0.490 e. The minimum atomic E-state index is -0.288. The van der Waals surface area contributed by atoms with Gasteiger partial charge < -0.3 is 14.2 Å². The summed E-state index contributed by atoms with van der Waals surface area (Å²) in [5.74, 6) is 2.86. The molecule has 2 amide bonds. The van der Waals surface area contributed by atoms with Gasteiger partial charge in [-0.25, -0.2) is 4.98 Å². The van der Waals surface area contributed by atoms with Gasteiger partial charge in [0.2, 0.25) is 17.8 Å². The number of halogens is 1. The van der Waals surface area contributed by atoms with Crippen molar-refractivity contribution in [2.24, 2.45) is 18.9 Å².